The number of carbonyl (C=O) groups excluding carboxylic acids is 2. The summed E-state index contributed by atoms with van der Waals surface area (Å²) in [6, 6.07) is 0. The van der Waals surface area contributed by atoms with Crippen LogP contribution in [-0.4, -0.2) is 28.6 Å². The molecule has 0 aromatic heterocycles. The van der Waals surface area contributed by atoms with Gasteiger partial charge in [0, 0.05) is 6.92 Å². The molecule has 2 rings (SSSR count). The molecule has 4 nitrogen and oxygen atoms in total. The van der Waals surface area contributed by atoms with Crippen molar-refractivity contribution in [2.75, 3.05) is 0 Å². The van der Waals surface area contributed by atoms with Crippen LogP contribution in [-0.2, 0) is 14.3 Å². The second kappa shape index (κ2) is 5.33. The first-order valence-electron chi connectivity index (χ1n) is 8.33. The van der Waals surface area contributed by atoms with Gasteiger partial charge in [-0.1, -0.05) is 27.2 Å². The Morgan fingerprint density at radius 3 is 2.18 bits per heavy atom. The molecule has 0 aliphatic heterocycles. The van der Waals surface area contributed by atoms with Crippen molar-refractivity contribution in [2.24, 2.45) is 22.7 Å². The number of esters is 1. The highest BCUT2D eigenvalue weighted by Crippen LogP contribution is 2.62. The Kier molecular flexibility index (Phi) is 4.23. The van der Waals surface area contributed by atoms with E-state index in [1.54, 1.807) is 13.8 Å². The van der Waals surface area contributed by atoms with E-state index in [0.717, 1.165) is 19.3 Å². The summed E-state index contributed by atoms with van der Waals surface area (Å²) in [5.41, 5.74) is -1.47. The van der Waals surface area contributed by atoms with Crippen LogP contribution < -0.4 is 0 Å². The number of fused-ring (bicyclic) bond motifs is 1. The van der Waals surface area contributed by atoms with Crippen LogP contribution in [0.25, 0.3) is 0 Å². The van der Waals surface area contributed by atoms with Crippen molar-refractivity contribution in [3.8, 4) is 0 Å². The number of hydrogen-bond donors (Lipinski definition) is 1. The maximum absolute atomic E-state index is 12.4. The summed E-state index contributed by atoms with van der Waals surface area (Å²) < 4.78 is 5.43. The molecule has 22 heavy (non-hydrogen) atoms. The molecule has 0 unspecified atom stereocenters. The zero-order valence-electron chi connectivity index (χ0n) is 14.7. The lowest BCUT2D eigenvalue weighted by atomic mass is 9.44. The number of ketones is 1. The first-order valence-corrected chi connectivity index (χ1v) is 8.33. The molecule has 0 amide bonds. The Morgan fingerprint density at radius 1 is 1.09 bits per heavy atom. The van der Waals surface area contributed by atoms with Gasteiger partial charge >= 0.3 is 5.97 Å². The zero-order chi connectivity index (χ0) is 16.9. The van der Waals surface area contributed by atoms with Gasteiger partial charge in [-0.15, -0.1) is 0 Å². The van der Waals surface area contributed by atoms with Crippen molar-refractivity contribution < 1.29 is 19.4 Å². The third-order valence-electron chi connectivity index (χ3n) is 6.34. The Balaban J connectivity index is 2.51. The van der Waals surface area contributed by atoms with Crippen LogP contribution in [0.4, 0.5) is 0 Å². The first kappa shape index (κ1) is 17.5. The van der Waals surface area contributed by atoms with Crippen LogP contribution >= 0.6 is 0 Å². The van der Waals surface area contributed by atoms with Crippen LogP contribution in [0, 0.1) is 22.7 Å². The predicted molar refractivity (Wildman–Crippen MR) is 84.2 cm³/mol. The molecule has 5 atom stereocenters. The molecule has 1 N–H and O–H groups in total. The predicted octanol–water partition coefficient (Wildman–Crippen LogP) is 3.11. The summed E-state index contributed by atoms with van der Waals surface area (Å²) in [5.74, 6) is -0.647. The maximum Gasteiger partial charge on any atom is 0.303 e. The summed E-state index contributed by atoms with van der Waals surface area (Å²) >= 11 is 0. The molecule has 2 aliphatic rings. The maximum atomic E-state index is 12.4. The smallest absolute Gasteiger partial charge is 0.303 e. The first-order chi connectivity index (χ1) is 9.93. The topological polar surface area (TPSA) is 63.6 Å². The van der Waals surface area contributed by atoms with Gasteiger partial charge in [0.25, 0.3) is 0 Å². The van der Waals surface area contributed by atoms with E-state index < -0.39 is 23.6 Å². The number of carbonyl (C=O) groups is 2. The molecule has 0 heterocycles. The Labute approximate surface area is 133 Å². The fourth-order valence-corrected chi connectivity index (χ4v) is 5.65. The van der Waals surface area contributed by atoms with Crippen LogP contribution in [0.5, 0.6) is 0 Å². The van der Waals surface area contributed by atoms with E-state index in [0.29, 0.717) is 6.42 Å². The fourth-order valence-electron chi connectivity index (χ4n) is 5.65. The molecule has 0 bridgehead atoms. The third kappa shape index (κ3) is 2.60. The van der Waals surface area contributed by atoms with E-state index in [1.807, 2.05) is 0 Å². The van der Waals surface area contributed by atoms with Crippen LogP contribution in [0.3, 0.4) is 0 Å². The number of rotatable bonds is 2. The summed E-state index contributed by atoms with van der Waals surface area (Å²) in [4.78, 5) is 23.9. The number of Topliss-reactive ketones (excluding diaryl/α,β-unsaturated/α-hetero) is 1. The highest BCUT2D eigenvalue weighted by molar-refractivity contribution is 5.81. The number of ether oxygens (including phenoxy) is 1. The Bertz CT molecular complexity index is 479. The lowest BCUT2D eigenvalue weighted by molar-refractivity contribution is -0.226. The molecule has 2 aliphatic carbocycles. The van der Waals surface area contributed by atoms with Gasteiger partial charge in [-0.25, -0.2) is 0 Å². The summed E-state index contributed by atoms with van der Waals surface area (Å²) in [5, 5.41) is 11.1. The van der Waals surface area contributed by atoms with Crippen molar-refractivity contribution in [3.05, 3.63) is 0 Å². The standard InChI is InChI=1S/C18H30O4/c1-11(19)15-17(5)9-7-8-16(3,4)13(17)10-14(18(15,6)21)22-12(2)20/h13-15,21H,7-10H2,1-6H3/t13-,14+,15+,17-,18+/m0/s1. The van der Waals surface area contributed by atoms with Crippen molar-refractivity contribution in [3.63, 3.8) is 0 Å². The highest BCUT2D eigenvalue weighted by atomic mass is 16.6. The quantitative estimate of drug-likeness (QED) is 0.796. The van der Waals surface area contributed by atoms with E-state index in [4.69, 9.17) is 4.74 Å². The van der Waals surface area contributed by atoms with Crippen molar-refractivity contribution in [1.82, 2.24) is 0 Å². The Morgan fingerprint density at radius 2 is 1.68 bits per heavy atom. The van der Waals surface area contributed by atoms with Crippen molar-refractivity contribution in [2.45, 2.75) is 78.9 Å². The van der Waals surface area contributed by atoms with Crippen LogP contribution in [0.15, 0.2) is 0 Å². The van der Waals surface area contributed by atoms with Crippen molar-refractivity contribution >= 4 is 11.8 Å². The lowest BCUT2D eigenvalue weighted by Crippen LogP contribution is -2.66. The largest absolute Gasteiger partial charge is 0.459 e. The van der Waals surface area contributed by atoms with Crippen LogP contribution in [0.2, 0.25) is 0 Å². The average molecular weight is 310 g/mol. The van der Waals surface area contributed by atoms with Gasteiger partial charge in [-0.2, -0.15) is 0 Å². The third-order valence-corrected chi connectivity index (χ3v) is 6.34. The second-order valence-electron chi connectivity index (χ2n) is 8.50. The molecular formula is C18H30O4. The summed E-state index contributed by atoms with van der Waals surface area (Å²) in [7, 11) is 0. The van der Waals surface area contributed by atoms with Gasteiger partial charge in [-0.3, -0.25) is 9.59 Å². The van der Waals surface area contributed by atoms with Gasteiger partial charge in [0.15, 0.2) is 0 Å². The zero-order valence-corrected chi connectivity index (χ0v) is 14.7. The molecule has 0 radical (unpaired) electrons. The minimum Gasteiger partial charge on any atom is -0.459 e. The number of hydrogen-bond acceptors (Lipinski definition) is 4. The van der Waals surface area contributed by atoms with E-state index >= 15 is 0 Å². The molecule has 0 spiro atoms. The molecule has 4 heteroatoms. The van der Waals surface area contributed by atoms with Gasteiger partial charge in [0.1, 0.15) is 17.5 Å². The van der Waals surface area contributed by atoms with Gasteiger partial charge in [-0.05, 0) is 49.9 Å². The van der Waals surface area contributed by atoms with E-state index in [2.05, 4.69) is 20.8 Å². The highest BCUT2D eigenvalue weighted by Gasteiger charge is 2.63. The molecular weight excluding hydrogens is 280 g/mol. The van der Waals surface area contributed by atoms with Gasteiger partial charge in [0.2, 0.25) is 0 Å². The Hall–Kier alpha value is -0.900. The van der Waals surface area contributed by atoms with Gasteiger partial charge < -0.3 is 9.84 Å². The molecule has 2 saturated carbocycles. The summed E-state index contributed by atoms with van der Waals surface area (Å²) in [6.07, 6.45) is 3.12. The van der Waals surface area contributed by atoms with Crippen molar-refractivity contribution in [1.29, 1.82) is 0 Å². The fraction of sp³-hybridized carbons (Fsp3) is 0.889. The molecule has 2 fully saturated rings. The van der Waals surface area contributed by atoms with E-state index in [1.165, 1.54) is 6.92 Å². The van der Waals surface area contributed by atoms with Gasteiger partial charge in [0.05, 0.1) is 5.92 Å². The average Bonchev–Trinajstić information content (AvgIpc) is 2.29. The molecule has 126 valence electrons. The normalized spacial score (nSPS) is 44.0. The minimum atomic E-state index is -1.31. The SMILES string of the molecule is CC(=O)O[C@@H]1C[C@H]2C(C)(C)CCC[C@]2(C)[C@@H](C(C)=O)[C@]1(C)O. The molecule has 0 saturated heterocycles. The lowest BCUT2D eigenvalue weighted by Gasteiger charge is -2.62. The van der Waals surface area contributed by atoms with E-state index in [9.17, 15) is 14.7 Å². The molecule has 0 aromatic carbocycles. The van der Waals surface area contributed by atoms with E-state index in [-0.39, 0.29) is 22.5 Å². The van der Waals surface area contributed by atoms with Crippen LogP contribution in [0.1, 0.15) is 67.2 Å². The monoisotopic (exact) mass is 310 g/mol. The second-order valence-corrected chi connectivity index (χ2v) is 8.50. The minimum absolute atomic E-state index is 0.00736. The summed E-state index contributed by atoms with van der Waals surface area (Å²) in [6.45, 7) is 11.2. The molecule has 0 aromatic rings. The number of aliphatic hydroxyl groups is 1.